The van der Waals surface area contributed by atoms with Crippen LogP contribution in [0.2, 0.25) is 0 Å². The summed E-state index contributed by atoms with van der Waals surface area (Å²) in [5.41, 5.74) is 0.488. The van der Waals surface area contributed by atoms with E-state index in [9.17, 15) is 0 Å². The van der Waals surface area contributed by atoms with Crippen LogP contribution >= 0.6 is 0 Å². The molecule has 0 aliphatic rings. The molecule has 5 heteroatoms. The number of nitrogens with zero attached hydrogens (tertiary/aromatic N) is 3. The third-order valence-corrected chi connectivity index (χ3v) is 1.93. The van der Waals surface area contributed by atoms with Gasteiger partial charge in [-0.1, -0.05) is 0 Å². The lowest BCUT2D eigenvalue weighted by atomic mass is 10.2. The first-order valence-corrected chi connectivity index (χ1v) is 4.87. The van der Waals surface area contributed by atoms with E-state index in [2.05, 4.69) is 15.5 Å². The third kappa shape index (κ3) is 3.92. The third-order valence-electron chi connectivity index (χ3n) is 1.93. The van der Waals surface area contributed by atoms with Crippen molar-refractivity contribution in [3.63, 3.8) is 0 Å². The predicted molar refractivity (Wildman–Crippen MR) is 56.2 cm³/mol. The van der Waals surface area contributed by atoms with Gasteiger partial charge in [-0.2, -0.15) is 10.4 Å². The monoisotopic (exact) mass is 206 g/mol. The largest absolute Gasteiger partial charge is 0.393 e. The van der Waals surface area contributed by atoms with E-state index in [-0.39, 0.29) is 6.10 Å². The van der Waals surface area contributed by atoms with Crippen molar-refractivity contribution in [2.45, 2.75) is 25.9 Å². The molecule has 0 radical (unpaired) electrons. The smallest absolute Gasteiger partial charge is 0.166 e. The summed E-state index contributed by atoms with van der Waals surface area (Å²) in [6, 6.07) is 3.65. The van der Waals surface area contributed by atoms with E-state index in [0.29, 0.717) is 17.9 Å². The normalized spacial score (nSPS) is 11.8. The zero-order valence-electron chi connectivity index (χ0n) is 8.64. The van der Waals surface area contributed by atoms with E-state index in [1.165, 1.54) is 6.20 Å². The van der Waals surface area contributed by atoms with Crippen molar-refractivity contribution >= 4 is 5.82 Å². The maximum Gasteiger partial charge on any atom is 0.166 e. The molecule has 0 aliphatic heterocycles. The number of nitrogens with one attached hydrogen (secondary N) is 1. The van der Waals surface area contributed by atoms with Crippen molar-refractivity contribution in [2.75, 3.05) is 11.9 Å². The zero-order chi connectivity index (χ0) is 11.1. The van der Waals surface area contributed by atoms with E-state index in [0.717, 1.165) is 12.8 Å². The van der Waals surface area contributed by atoms with Crippen LogP contribution in [0, 0.1) is 11.3 Å². The van der Waals surface area contributed by atoms with Gasteiger partial charge in [0.05, 0.1) is 17.9 Å². The first-order valence-electron chi connectivity index (χ1n) is 4.87. The number of anilines is 1. The highest BCUT2D eigenvalue weighted by molar-refractivity contribution is 5.49. The second-order valence-electron chi connectivity index (χ2n) is 3.32. The van der Waals surface area contributed by atoms with Crippen LogP contribution in [0.4, 0.5) is 5.82 Å². The lowest BCUT2D eigenvalue weighted by Gasteiger charge is -2.06. The Morgan fingerprint density at radius 3 is 3.13 bits per heavy atom. The highest BCUT2D eigenvalue weighted by Crippen LogP contribution is 2.08. The minimum Gasteiger partial charge on any atom is -0.393 e. The molecule has 5 nitrogen and oxygen atoms in total. The van der Waals surface area contributed by atoms with Gasteiger partial charge in [0.1, 0.15) is 6.07 Å². The Bertz CT molecular complexity index is 346. The summed E-state index contributed by atoms with van der Waals surface area (Å²) in [6.45, 7) is 2.43. The fourth-order valence-electron chi connectivity index (χ4n) is 1.16. The Morgan fingerprint density at radius 1 is 1.67 bits per heavy atom. The van der Waals surface area contributed by atoms with Gasteiger partial charge in [0.25, 0.3) is 0 Å². The standard InChI is InChI=1S/C10H14N4O/c1-8(15)3-2-5-12-10-9(7-11)4-6-13-14-10/h4,6,8,15H,2-3,5H2,1H3,(H,12,14). The van der Waals surface area contributed by atoms with E-state index >= 15 is 0 Å². The van der Waals surface area contributed by atoms with Crippen molar-refractivity contribution in [2.24, 2.45) is 0 Å². The summed E-state index contributed by atoms with van der Waals surface area (Å²) >= 11 is 0. The molecule has 2 N–H and O–H groups in total. The molecule has 0 bridgehead atoms. The van der Waals surface area contributed by atoms with E-state index in [1.807, 2.05) is 6.07 Å². The number of aliphatic hydroxyl groups excluding tert-OH is 1. The van der Waals surface area contributed by atoms with Gasteiger partial charge in [-0.25, -0.2) is 0 Å². The molecule has 0 aromatic carbocycles. The fraction of sp³-hybridized carbons (Fsp3) is 0.500. The lowest BCUT2D eigenvalue weighted by molar-refractivity contribution is 0.183. The topological polar surface area (TPSA) is 81.8 Å². The van der Waals surface area contributed by atoms with Gasteiger partial charge in [-0.3, -0.25) is 0 Å². The predicted octanol–water partition coefficient (Wildman–Crippen LogP) is 0.921. The molecule has 0 saturated heterocycles. The van der Waals surface area contributed by atoms with Crippen LogP contribution < -0.4 is 5.32 Å². The first kappa shape index (κ1) is 11.4. The van der Waals surface area contributed by atoms with Crippen LogP contribution in [0.25, 0.3) is 0 Å². The molecule has 0 aliphatic carbocycles. The van der Waals surface area contributed by atoms with Gasteiger partial charge >= 0.3 is 0 Å². The molecule has 0 amide bonds. The molecule has 1 aromatic heterocycles. The van der Waals surface area contributed by atoms with Crippen molar-refractivity contribution in [3.05, 3.63) is 17.8 Å². The van der Waals surface area contributed by atoms with Crippen LogP contribution in [0.5, 0.6) is 0 Å². The van der Waals surface area contributed by atoms with Gasteiger partial charge in [0, 0.05) is 6.54 Å². The molecule has 1 unspecified atom stereocenters. The van der Waals surface area contributed by atoms with Gasteiger partial charge in [-0.15, -0.1) is 5.10 Å². The summed E-state index contributed by atoms with van der Waals surface area (Å²) in [6.07, 6.45) is 2.76. The van der Waals surface area contributed by atoms with Crippen molar-refractivity contribution < 1.29 is 5.11 Å². The summed E-state index contributed by atoms with van der Waals surface area (Å²) in [5, 5.41) is 28.3. The highest BCUT2D eigenvalue weighted by Gasteiger charge is 2.02. The van der Waals surface area contributed by atoms with Crippen LogP contribution in [-0.4, -0.2) is 28.0 Å². The molecule has 80 valence electrons. The number of nitriles is 1. The van der Waals surface area contributed by atoms with Crippen LogP contribution in [0.3, 0.4) is 0 Å². The van der Waals surface area contributed by atoms with Crippen LogP contribution in [0.1, 0.15) is 25.3 Å². The molecule has 1 aromatic rings. The summed E-state index contributed by atoms with van der Waals surface area (Å²) in [7, 11) is 0. The SMILES string of the molecule is CC(O)CCCNc1nnccc1C#N. The Hall–Kier alpha value is -1.67. The number of hydrogen-bond donors (Lipinski definition) is 2. The average Bonchev–Trinajstić information content (AvgIpc) is 2.24. The van der Waals surface area contributed by atoms with Crippen LogP contribution in [0.15, 0.2) is 12.3 Å². The van der Waals surface area contributed by atoms with Gasteiger partial charge < -0.3 is 10.4 Å². The Balaban J connectivity index is 2.41. The van der Waals surface area contributed by atoms with Crippen molar-refractivity contribution in [1.29, 1.82) is 5.26 Å². The number of hydrogen-bond acceptors (Lipinski definition) is 5. The molecule has 1 atom stereocenters. The minimum absolute atomic E-state index is 0.288. The molecular formula is C10H14N4O. The number of aliphatic hydroxyl groups is 1. The lowest BCUT2D eigenvalue weighted by Crippen LogP contribution is -2.09. The molecular weight excluding hydrogens is 192 g/mol. The summed E-state index contributed by atoms with van der Waals surface area (Å²) in [4.78, 5) is 0. The Kier molecular flexibility index (Phi) is 4.51. The first-order chi connectivity index (χ1) is 7.24. The molecule has 0 saturated carbocycles. The number of aromatic nitrogens is 2. The quantitative estimate of drug-likeness (QED) is 0.700. The van der Waals surface area contributed by atoms with Crippen molar-refractivity contribution in [3.8, 4) is 6.07 Å². The van der Waals surface area contributed by atoms with Crippen molar-refractivity contribution in [1.82, 2.24) is 10.2 Å². The Labute approximate surface area is 88.8 Å². The average molecular weight is 206 g/mol. The minimum atomic E-state index is -0.288. The summed E-state index contributed by atoms with van der Waals surface area (Å²) < 4.78 is 0. The zero-order valence-corrected chi connectivity index (χ0v) is 8.64. The molecule has 0 spiro atoms. The molecule has 1 rings (SSSR count). The fourth-order valence-corrected chi connectivity index (χ4v) is 1.16. The van der Waals surface area contributed by atoms with E-state index in [1.54, 1.807) is 13.0 Å². The second-order valence-corrected chi connectivity index (χ2v) is 3.32. The summed E-state index contributed by atoms with van der Waals surface area (Å²) in [5.74, 6) is 0.505. The second kappa shape index (κ2) is 5.94. The Morgan fingerprint density at radius 2 is 2.47 bits per heavy atom. The molecule has 15 heavy (non-hydrogen) atoms. The van der Waals surface area contributed by atoms with Gasteiger partial charge in [0.15, 0.2) is 5.82 Å². The van der Waals surface area contributed by atoms with Crippen LogP contribution in [-0.2, 0) is 0 Å². The number of rotatable bonds is 5. The maximum absolute atomic E-state index is 9.04. The molecule has 1 heterocycles. The van der Waals surface area contributed by atoms with E-state index in [4.69, 9.17) is 10.4 Å². The van der Waals surface area contributed by atoms with E-state index < -0.39 is 0 Å². The highest BCUT2D eigenvalue weighted by atomic mass is 16.3. The molecule has 0 fully saturated rings. The van der Waals surface area contributed by atoms with Gasteiger partial charge in [0.2, 0.25) is 0 Å². The maximum atomic E-state index is 9.04. The van der Waals surface area contributed by atoms with Gasteiger partial charge in [-0.05, 0) is 25.8 Å².